The Morgan fingerprint density at radius 3 is 2.29 bits per heavy atom. The number of esters is 1. The molecule has 34 heavy (non-hydrogen) atoms. The van der Waals surface area contributed by atoms with Crippen molar-refractivity contribution in [2.24, 2.45) is 11.8 Å². The minimum absolute atomic E-state index is 0.0370. The number of nitrogens with one attached hydrogen (secondary N) is 3. The van der Waals surface area contributed by atoms with Gasteiger partial charge in [-0.15, -0.1) is 0 Å². The van der Waals surface area contributed by atoms with Crippen LogP contribution in [0.3, 0.4) is 0 Å². The van der Waals surface area contributed by atoms with E-state index >= 15 is 0 Å². The second-order valence-electron chi connectivity index (χ2n) is 8.60. The van der Waals surface area contributed by atoms with E-state index in [1.807, 2.05) is 13.8 Å². The van der Waals surface area contributed by atoms with Crippen LogP contribution in [-0.2, 0) is 23.9 Å². The molecule has 1 aromatic carbocycles. The van der Waals surface area contributed by atoms with Crippen LogP contribution in [0.15, 0.2) is 18.2 Å². The van der Waals surface area contributed by atoms with Crippen LogP contribution < -0.4 is 16.0 Å². The summed E-state index contributed by atoms with van der Waals surface area (Å²) in [5.41, 5.74) is -0.0722. The maximum atomic E-state index is 13.0. The van der Waals surface area contributed by atoms with E-state index in [1.54, 1.807) is 6.07 Å². The molecule has 1 fully saturated rings. The number of halogens is 2. The SMILES string of the molecule is CC(=O)NC(CC(C)C)C(=O)NC(CC1CCNC1=O)C(=O)COC(=O)c1c(Cl)cccc1Cl. The Morgan fingerprint density at radius 1 is 1.12 bits per heavy atom. The van der Waals surface area contributed by atoms with Gasteiger partial charge in [0.15, 0.2) is 12.4 Å². The Hall–Kier alpha value is -2.65. The zero-order valence-corrected chi connectivity index (χ0v) is 20.8. The summed E-state index contributed by atoms with van der Waals surface area (Å²) >= 11 is 12.0. The van der Waals surface area contributed by atoms with Crippen molar-refractivity contribution in [1.29, 1.82) is 0 Å². The van der Waals surface area contributed by atoms with Crippen molar-refractivity contribution in [2.45, 2.75) is 52.1 Å². The summed E-state index contributed by atoms with van der Waals surface area (Å²) in [5.74, 6) is -3.02. The van der Waals surface area contributed by atoms with E-state index in [0.717, 1.165) is 0 Å². The summed E-state index contributed by atoms with van der Waals surface area (Å²) in [6.07, 6.45) is 0.903. The molecule has 1 aliphatic heterocycles. The zero-order valence-electron chi connectivity index (χ0n) is 19.3. The summed E-state index contributed by atoms with van der Waals surface area (Å²) in [6, 6.07) is 2.54. The molecule has 3 atom stereocenters. The van der Waals surface area contributed by atoms with E-state index in [4.69, 9.17) is 27.9 Å². The zero-order chi connectivity index (χ0) is 25.4. The lowest BCUT2D eigenvalue weighted by atomic mass is 9.95. The number of rotatable bonds is 11. The molecule has 3 N–H and O–H groups in total. The normalized spacial score (nSPS) is 17.0. The van der Waals surface area contributed by atoms with Gasteiger partial charge in [0.25, 0.3) is 0 Å². The van der Waals surface area contributed by atoms with E-state index in [9.17, 15) is 24.0 Å². The lowest BCUT2D eigenvalue weighted by Gasteiger charge is -2.24. The first-order valence-electron chi connectivity index (χ1n) is 11.0. The number of carbonyl (C=O) groups excluding carboxylic acids is 5. The summed E-state index contributed by atoms with van der Waals surface area (Å²) in [5, 5.41) is 8.06. The number of carbonyl (C=O) groups is 5. The van der Waals surface area contributed by atoms with Crippen LogP contribution in [0.25, 0.3) is 0 Å². The van der Waals surface area contributed by atoms with Crippen molar-refractivity contribution >= 4 is 52.7 Å². The monoisotopic (exact) mass is 513 g/mol. The molecular weight excluding hydrogens is 485 g/mol. The second-order valence-corrected chi connectivity index (χ2v) is 9.41. The van der Waals surface area contributed by atoms with Gasteiger partial charge in [0.1, 0.15) is 6.04 Å². The predicted molar refractivity (Wildman–Crippen MR) is 126 cm³/mol. The van der Waals surface area contributed by atoms with Gasteiger partial charge in [-0.2, -0.15) is 0 Å². The molecule has 1 heterocycles. The quantitative estimate of drug-likeness (QED) is 0.389. The molecule has 2 rings (SSSR count). The molecular formula is C23H29Cl2N3O6. The average Bonchev–Trinajstić information content (AvgIpc) is 3.14. The fourth-order valence-corrected chi connectivity index (χ4v) is 4.20. The van der Waals surface area contributed by atoms with Crippen LogP contribution in [0.2, 0.25) is 10.0 Å². The Bertz CT molecular complexity index is 932. The molecule has 11 heteroatoms. The van der Waals surface area contributed by atoms with Crippen molar-refractivity contribution < 1.29 is 28.7 Å². The Kier molecular flexibility index (Phi) is 10.3. The highest BCUT2D eigenvalue weighted by atomic mass is 35.5. The Morgan fingerprint density at radius 2 is 1.76 bits per heavy atom. The van der Waals surface area contributed by atoms with Crippen molar-refractivity contribution in [1.82, 2.24) is 16.0 Å². The number of ether oxygens (including phenoxy) is 1. The van der Waals surface area contributed by atoms with Crippen molar-refractivity contribution in [2.75, 3.05) is 13.2 Å². The molecule has 1 saturated heterocycles. The van der Waals surface area contributed by atoms with Crippen molar-refractivity contribution in [3.05, 3.63) is 33.8 Å². The molecule has 0 saturated carbocycles. The average molecular weight is 514 g/mol. The number of ketones is 1. The predicted octanol–water partition coefficient (Wildman–Crippen LogP) is 2.28. The molecule has 0 spiro atoms. The first-order chi connectivity index (χ1) is 16.0. The number of hydrogen-bond acceptors (Lipinski definition) is 6. The molecule has 3 amide bonds. The topological polar surface area (TPSA) is 131 Å². The van der Waals surface area contributed by atoms with Gasteiger partial charge < -0.3 is 20.7 Å². The number of hydrogen-bond donors (Lipinski definition) is 3. The van der Waals surface area contributed by atoms with Gasteiger partial charge in [-0.25, -0.2) is 4.79 Å². The molecule has 186 valence electrons. The smallest absolute Gasteiger partial charge is 0.341 e. The lowest BCUT2D eigenvalue weighted by Crippen LogP contribution is -2.53. The van der Waals surface area contributed by atoms with Crippen molar-refractivity contribution in [3.8, 4) is 0 Å². The van der Waals surface area contributed by atoms with Crippen molar-refractivity contribution in [3.63, 3.8) is 0 Å². The van der Waals surface area contributed by atoms with Gasteiger partial charge in [-0.3, -0.25) is 19.2 Å². The lowest BCUT2D eigenvalue weighted by molar-refractivity contribution is -0.133. The van der Waals surface area contributed by atoms with Crippen LogP contribution >= 0.6 is 23.2 Å². The third-order valence-corrected chi connectivity index (χ3v) is 5.93. The molecule has 9 nitrogen and oxygen atoms in total. The number of amides is 3. The van der Waals surface area contributed by atoms with E-state index < -0.39 is 42.3 Å². The molecule has 1 aliphatic rings. The first kappa shape index (κ1) is 27.6. The highest BCUT2D eigenvalue weighted by Crippen LogP contribution is 2.25. The summed E-state index contributed by atoms with van der Waals surface area (Å²) in [7, 11) is 0. The highest BCUT2D eigenvalue weighted by molar-refractivity contribution is 6.39. The minimum Gasteiger partial charge on any atom is -0.454 e. The number of Topliss-reactive ketones (excluding diaryl/α,β-unsaturated/α-hetero) is 1. The van der Waals surface area contributed by atoms with Gasteiger partial charge >= 0.3 is 5.97 Å². The molecule has 0 aromatic heterocycles. The van der Waals surface area contributed by atoms with Gasteiger partial charge in [-0.05, 0) is 37.3 Å². The summed E-state index contributed by atoms with van der Waals surface area (Å²) in [6.45, 7) is 4.90. The van der Waals surface area contributed by atoms with E-state index in [-0.39, 0.29) is 39.8 Å². The van der Waals surface area contributed by atoms with Crippen LogP contribution in [0.1, 0.15) is 50.4 Å². The fraction of sp³-hybridized carbons (Fsp3) is 0.522. The maximum absolute atomic E-state index is 13.0. The Labute approximate surface area is 208 Å². The van der Waals surface area contributed by atoms with E-state index in [0.29, 0.717) is 19.4 Å². The van der Waals surface area contributed by atoms with Gasteiger partial charge in [0.2, 0.25) is 17.7 Å². The highest BCUT2D eigenvalue weighted by Gasteiger charge is 2.33. The summed E-state index contributed by atoms with van der Waals surface area (Å²) < 4.78 is 5.12. The standard InChI is InChI=1S/C23H29Cl2N3O6/c1-12(2)9-18(27-13(3)29)22(32)28-17(10-14-7-8-26-21(14)31)19(30)11-34-23(33)20-15(24)5-4-6-16(20)25/h4-6,12,14,17-18H,7-11H2,1-3H3,(H,26,31)(H,27,29)(H,28,32). The van der Waals surface area contributed by atoms with Gasteiger partial charge in [0.05, 0.1) is 21.7 Å². The maximum Gasteiger partial charge on any atom is 0.341 e. The van der Waals surface area contributed by atoms with Crippen LogP contribution in [-0.4, -0.2) is 54.7 Å². The van der Waals surface area contributed by atoms with Crippen LogP contribution in [0, 0.1) is 11.8 Å². The molecule has 3 unspecified atom stereocenters. The largest absolute Gasteiger partial charge is 0.454 e. The van der Waals surface area contributed by atoms with Crippen LogP contribution in [0.4, 0.5) is 0 Å². The molecule has 0 bridgehead atoms. The van der Waals surface area contributed by atoms with E-state index in [1.165, 1.54) is 19.1 Å². The summed E-state index contributed by atoms with van der Waals surface area (Å²) in [4.78, 5) is 61.9. The third-order valence-electron chi connectivity index (χ3n) is 5.30. The Balaban J connectivity index is 2.14. The van der Waals surface area contributed by atoms with Gasteiger partial charge in [-0.1, -0.05) is 43.1 Å². The van der Waals surface area contributed by atoms with Crippen LogP contribution in [0.5, 0.6) is 0 Å². The third kappa shape index (κ3) is 7.99. The molecule has 0 aliphatic carbocycles. The fourth-order valence-electron chi connectivity index (χ4n) is 3.65. The van der Waals surface area contributed by atoms with Gasteiger partial charge in [0, 0.05) is 19.4 Å². The number of benzene rings is 1. The second kappa shape index (κ2) is 12.7. The first-order valence-corrected chi connectivity index (χ1v) is 11.7. The molecule has 0 radical (unpaired) electrons. The van der Waals surface area contributed by atoms with E-state index in [2.05, 4.69) is 16.0 Å². The minimum atomic E-state index is -1.10. The molecule has 1 aromatic rings.